The van der Waals surface area contributed by atoms with Crippen molar-refractivity contribution in [3.63, 3.8) is 0 Å². The maximum atomic E-state index is 11.7. The highest BCUT2D eigenvalue weighted by atomic mass is 35.5. The quantitative estimate of drug-likeness (QED) is 0.344. The Morgan fingerprint density at radius 3 is 2.64 bits per heavy atom. The Bertz CT molecular complexity index is 1540. The Labute approximate surface area is 232 Å². The van der Waals surface area contributed by atoms with E-state index in [1.807, 2.05) is 25.1 Å². The van der Waals surface area contributed by atoms with Crippen LogP contribution >= 0.6 is 11.6 Å². The number of benzene rings is 3. The van der Waals surface area contributed by atoms with Gasteiger partial charge in [-0.25, -0.2) is 0 Å². The van der Waals surface area contributed by atoms with E-state index in [4.69, 9.17) is 35.8 Å². The predicted octanol–water partition coefficient (Wildman–Crippen LogP) is 6.10. The number of halogens is 1. The lowest BCUT2D eigenvalue weighted by molar-refractivity contribution is 0.112. The normalized spacial score (nSPS) is 13.9. The summed E-state index contributed by atoms with van der Waals surface area (Å²) in [6, 6.07) is 15.4. The van der Waals surface area contributed by atoms with Gasteiger partial charge in [0.15, 0.2) is 17.8 Å². The highest BCUT2D eigenvalue weighted by Crippen LogP contribution is 2.41. The van der Waals surface area contributed by atoms with E-state index in [1.54, 1.807) is 18.3 Å². The van der Waals surface area contributed by atoms with E-state index in [9.17, 15) is 4.79 Å². The molecule has 1 N–H and O–H groups in total. The zero-order chi connectivity index (χ0) is 27.4. The fourth-order valence-corrected chi connectivity index (χ4v) is 4.87. The topological polar surface area (TPSA) is 89.8 Å². The van der Waals surface area contributed by atoms with E-state index in [0.29, 0.717) is 53.7 Å². The minimum absolute atomic E-state index is 0.212. The number of hydrogen-bond donors (Lipinski definition) is 1. The number of hydrogen-bond acceptors (Lipinski definition) is 7. The van der Waals surface area contributed by atoms with Gasteiger partial charge in [-0.3, -0.25) is 4.79 Å². The van der Waals surface area contributed by atoms with Crippen LogP contribution in [0.15, 0.2) is 65.9 Å². The first kappa shape index (κ1) is 26.2. The molecule has 0 amide bonds. The molecule has 198 valence electrons. The Morgan fingerprint density at radius 2 is 1.82 bits per heavy atom. The van der Waals surface area contributed by atoms with Gasteiger partial charge in [-0.1, -0.05) is 35.9 Å². The lowest BCUT2D eigenvalue weighted by atomic mass is 9.93. The molecule has 3 aromatic rings. The van der Waals surface area contributed by atoms with Gasteiger partial charge in [0.1, 0.15) is 44.0 Å². The molecule has 2 aliphatic heterocycles. The summed E-state index contributed by atoms with van der Waals surface area (Å²) in [6.07, 6.45) is 4.12. The first-order valence-corrected chi connectivity index (χ1v) is 12.9. The van der Waals surface area contributed by atoms with Crippen molar-refractivity contribution >= 4 is 17.9 Å². The van der Waals surface area contributed by atoms with Crippen LogP contribution in [0.3, 0.4) is 0 Å². The smallest absolute Gasteiger partial charge is 0.164 e. The molecule has 2 aliphatic rings. The summed E-state index contributed by atoms with van der Waals surface area (Å²) < 4.78 is 23.7. The van der Waals surface area contributed by atoms with Crippen molar-refractivity contribution in [2.24, 2.45) is 0 Å². The number of nitrogens with one attached hydrogen (secondary N) is 1. The summed E-state index contributed by atoms with van der Waals surface area (Å²) >= 11 is 6.46. The zero-order valence-electron chi connectivity index (χ0n) is 21.7. The third-order valence-corrected chi connectivity index (χ3v) is 7.05. The van der Waals surface area contributed by atoms with Crippen molar-refractivity contribution in [1.29, 1.82) is 5.26 Å². The second-order valence-corrected chi connectivity index (χ2v) is 9.67. The second-order valence-electron chi connectivity index (χ2n) is 9.26. The summed E-state index contributed by atoms with van der Waals surface area (Å²) in [4.78, 5) is 11.7. The van der Waals surface area contributed by atoms with Crippen LogP contribution in [0.5, 0.6) is 23.0 Å². The average Bonchev–Trinajstić information content (AvgIpc) is 2.97. The van der Waals surface area contributed by atoms with E-state index >= 15 is 0 Å². The molecule has 0 aliphatic carbocycles. The highest BCUT2D eigenvalue weighted by Gasteiger charge is 2.19. The molecule has 0 saturated carbocycles. The third-order valence-electron chi connectivity index (χ3n) is 6.76. The van der Waals surface area contributed by atoms with E-state index in [1.165, 1.54) is 6.07 Å². The molecule has 5 rings (SSSR count). The van der Waals surface area contributed by atoms with Crippen molar-refractivity contribution in [1.82, 2.24) is 5.32 Å². The number of carbonyl (C=O) groups excluding carboxylic acids is 1. The molecule has 0 fully saturated rings. The van der Waals surface area contributed by atoms with Crippen LogP contribution in [0.2, 0.25) is 5.02 Å². The fraction of sp³-hybridized carbons (Fsp3) is 0.226. The number of nitrogens with zero attached hydrogens (tertiary/aromatic N) is 1. The van der Waals surface area contributed by atoms with Crippen molar-refractivity contribution in [2.45, 2.75) is 20.5 Å². The number of allylic oxidation sites excluding steroid dienone is 2. The van der Waals surface area contributed by atoms with Crippen LogP contribution in [-0.2, 0) is 6.61 Å². The maximum absolute atomic E-state index is 11.7. The summed E-state index contributed by atoms with van der Waals surface area (Å²) in [7, 11) is 0. The lowest BCUT2D eigenvalue weighted by Crippen LogP contribution is -2.19. The number of rotatable bonds is 8. The Balaban J connectivity index is 1.36. The molecule has 0 radical (unpaired) electrons. The Kier molecular flexibility index (Phi) is 7.76. The SMILES string of the molecule is Cc1c(COc2cc(OCC3=CC(C#N)=CNC3)c(C=O)cc2Cl)cccc1-c1ccc2c(c1C)OCCO2. The molecule has 8 heteroatoms. The molecule has 7 nitrogen and oxygen atoms in total. The molecule has 0 bridgehead atoms. The third kappa shape index (κ3) is 5.57. The van der Waals surface area contributed by atoms with Crippen molar-refractivity contribution < 1.29 is 23.7 Å². The van der Waals surface area contributed by atoms with E-state index in [2.05, 4.69) is 30.4 Å². The van der Waals surface area contributed by atoms with E-state index in [0.717, 1.165) is 44.9 Å². The standard InChI is InChI=1S/C31H27ClN2O5/c1-19-23(4-3-5-25(19)26-6-7-28-31(20(26)2)37-9-8-36-28)18-39-30-12-29(24(16-35)11-27(30)32)38-17-22-10-21(13-33)14-34-15-22/h3-7,10-12,14,16,34H,8-9,15,17-18H2,1-2H3. The van der Waals surface area contributed by atoms with Gasteiger partial charge < -0.3 is 24.3 Å². The molecular formula is C31H27ClN2O5. The second kappa shape index (κ2) is 11.5. The minimum atomic E-state index is 0.212. The molecule has 2 heterocycles. The van der Waals surface area contributed by atoms with Crippen molar-refractivity contribution in [2.75, 3.05) is 26.4 Å². The molecule has 3 aromatic carbocycles. The van der Waals surface area contributed by atoms with Gasteiger partial charge in [0, 0.05) is 24.4 Å². The molecule has 39 heavy (non-hydrogen) atoms. The predicted molar refractivity (Wildman–Crippen MR) is 149 cm³/mol. The number of fused-ring (bicyclic) bond motifs is 1. The number of aldehydes is 1. The van der Waals surface area contributed by atoms with Crippen LogP contribution in [0, 0.1) is 25.2 Å². The summed E-state index contributed by atoms with van der Waals surface area (Å²) in [5.41, 5.74) is 6.97. The number of carbonyl (C=O) groups is 1. The fourth-order valence-electron chi connectivity index (χ4n) is 4.64. The van der Waals surface area contributed by atoms with Gasteiger partial charge in [0.2, 0.25) is 0 Å². The summed E-state index contributed by atoms with van der Waals surface area (Å²) in [5, 5.41) is 12.5. The van der Waals surface area contributed by atoms with Gasteiger partial charge in [0.05, 0.1) is 16.2 Å². The van der Waals surface area contributed by atoms with E-state index in [-0.39, 0.29) is 13.2 Å². The monoisotopic (exact) mass is 542 g/mol. The molecular weight excluding hydrogens is 516 g/mol. The van der Waals surface area contributed by atoms with Crippen LogP contribution in [-0.4, -0.2) is 32.7 Å². The first-order chi connectivity index (χ1) is 19.0. The largest absolute Gasteiger partial charge is 0.488 e. The molecule has 0 saturated heterocycles. The number of dihydropyridines is 1. The summed E-state index contributed by atoms with van der Waals surface area (Å²) in [5.74, 6) is 2.32. The average molecular weight is 543 g/mol. The van der Waals surface area contributed by atoms with Crippen LogP contribution in [0.25, 0.3) is 11.1 Å². The Hall–Kier alpha value is -4.41. The first-order valence-electron chi connectivity index (χ1n) is 12.5. The molecule has 0 atom stereocenters. The van der Waals surface area contributed by atoms with Crippen LogP contribution in [0.1, 0.15) is 27.0 Å². The Morgan fingerprint density at radius 1 is 1.03 bits per heavy atom. The number of nitriles is 1. The zero-order valence-corrected chi connectivity index (χ0v) is 22.4. The van der Waals surface area contributed by atoms with Crippen LogP contribution < -0.4 is 24.3 Å². The molecule has 0 spiro atoms. The minimum Gasteiger partial charge on any atom is -0.488 e. The van der Waals surface area contributed by atoms with Gasteiger partial charge in [-0.15, -0.1) is 0 Å². The number of ether oxygens (including phenoxy) is 4. The van der Waals surface area contributed by atoms with Crippen molar-refractivity contribution in [3.8, 4) is 40.2 Å². The van der Waals surface area contributed by atoms with Gasteiger partial charge in [-0.2, -0.15) is 5.26 Å². The van der Waals surface area contributed by atoms with Gasteiger partial charge >= 0.3 is 0 Å². The van der Waals surface area contributed by atoms with Gasteiger partial charge in [-0.05, 0) is 59.9 Å². The summed E-state index contributed by atoms with van der Waals surface area (Å²) in [6.45, 7) is 6.22. The highest BCUT2D eigenvalue weighted by molar-refractivity contribution is 6.32. The molecule has 0 unspecified atom stereocenters. The van der Waals surface area contributed by atoms with Crippen LogP contribution in [0.4, 0.5) is 0 Å². The van der Waals surface area contributed by atoms with Crippen molar-refractivity contribution in [3.05, 3.63) is 93.2 Å². The lowest BCUT2D eigenvalue weighted by Gasteiger charge is -2.22. The van der Waals surface area contributed by atoms with E-state index < -0.39 is 0 Å². The van der Waals surface area contributed by atoms with Gasteiger partial charge in [0.25, 0.3) is 0 Å². The molecule has 0 aromatic heterocycles. The maximum Gasteiger partial charge on any atom is 0.164 e.